The molecule has 0 saturated heterocycles. The van der Waals surface area contributed by atoms with E-state index in [2.05, 4.69) is 15.3 Å². The topological polar surface area (TPSA) is 98.5 Å². The molecule has 0 aliphatic rings. The quantitative estimate of drug-likeness (QED) is 0.362. The molecule has 0 aliphatic heterocycles. The van der Waals surface area contributed by atoms with Gasteiger partial charge in [0.15, 0.2) is 4.88 Å². The molecule has 2 N–H and O–H groups in total. The summed E-state index contributed by atoms with van der Waals surface area (Å²) in [7, 11) is 1.53. The fraction of sp³-hybridized carbons (Fsp3) is 0.261. The Hall–Kier alpha value is -3.66. The highest BCUT2D eigenvalue weighted by atomic mass is 32.1. The number of aromatic nitrogens is 3. The van der Waals surface area contributed by atoms with Crippen LogP contribution in [0.15, 0.2) is 36.7 Å². The molecule has 0 spiro atoms. The van der Waals surface area contributed by atoms with Crippen molar-refractivity contribution >= 4 is 34.0 Å². The monoisotopic (exact) mass is 470 g/mol. The molecule has 4 rings (SSSR count). The van der Waals surface area contributed by atoms with Gasteiger partial charge in [0, 0.05) is 42.4 Å². The van der Waals surface area contributed by atoms with Crippen molar-refractivity contribution < 1.29 is 23.8 Å². The minimum Gasteiger partial charge on any atom is -0.496 e. The maximum atomic E-state index is 14.0. The number of carbonyl (C=O) groups is 1. The number of carboxylic acid groups (broad SMARTS) is 1. The molecule has 172 valence electrons. The molecule has 4 aromatic rings. The van der Waals surface area contributed by atoms with E-state index in [1.54, 1.807) is 19.1 Å². The molecule has 8 nitrogen and oxygen atoms in total. The van der Waals surface area contributed by atoms with Crippen molar-refractivity contribution in [3.05, 3.63) is 53.0 Å². The summed E-state index contributed by atoms with van der Waals surface area (Å²) in [6, 6.07) is 8.30. The molecule has 0 saturated carbocycles. The van der Waals surface area contributed by atoms with E-state index in [0.29, 0.717) is 47.6 Å². The number of benzene rings is 1. The minimum atomic E-state index is -1.04. The van der Waals surface area contributed by atoms with Crippen LogP contribution in [0.1, 0.15) is 22.3 Å². The number of methoxy groups -OCH3 is 1. The first kappa shape index (κ1) is 22.5. The van der Waals surface area contributed by atoms with E-state index >= 15 is 0 Å². The summed E-state index contributed by atoms with van der Waals surface area (Å²) in [5.74, 6) is 0.0416. The van der Waals surface area contributed by atoms with Crippen molar-refractivity contribution in [2.75, 3.05) is 25.6 Å². The molecule has 0 radical (unpaired) electrons. The van der Waals surface area contributed by atoms with Gasteiger partial charge in [-0.2, -0.15) is 0 Å². The molecule has 0 bridgehead atoms. The Kier molecular flexibility index (Phi) is 6.45. The zero-order chi connectivity index (χ0) is 23.5. The maximum Gasteiger partial charge on any atom is 0.349 e. The lowest BCUT2D eigenvalue weighted by Crippen LogP contribution is -2.12. The molecule has 3 heterocycles. The smallest absolute Gasteiger partial charge is 0.349 e. The molecule has 33 heavy (non-hydrogen) atoms. The number of nitrogens with one attached hydrogen (secondary N) is 1. The molecular formula is C23H23FN4O4S. The number of hydrogen-bond acceptors (Lipinski definition) is 7. The average molecular weight is 471 g/mol. The largest absolute Gasteiger partial charge is 0.496 e. The van der Waals surface area contributed by atoms with Crippen molar-refractivity contribution in [1.82, 2.24) is 14.5 Å². The first-order valence-electron chi connectivity index (χ1n) is 10.3. The number of anilines is 1. The van der Waals surface area contributed by atoms with E-state index in [-0.39, 0.29) is 10.7 Å². The van der Waals surface area contributed by atoms with Gasteiger partial charge in [0.2, 0.25) is 0 Å². The van der Waals surface area contributed by atoms with Gasteiger partial charge in [0.05, 0.1) is 29.8 Å². The molecule has 0 aliphatic carbocycles. The van der Waals surface area contributed by atoms with Crippen molar-refractivity contribution in [3.8, 4) is 22.1 Å². The summed E-state index contributed by atoms with van der Waals surface area (Å²) in [6.07, 6.45) is 1.43. The molecule has 0 amide bonds. The summed E-state index contributed by atoms with van der Waals surface area (Å²) < 4.78 is 26.8. The average Bonchev–Trinajstić information content (AvgIpc) is 3.35. The Morgan fingerprint density at radius 2 is 2.03 bits per heavy atom. The SMILES string of the molecule is CCOc1cc(-c2cc(NCCn3c(C)cc4c(OC)cc(F)cc43)ncn2)sc1C(=O)O. The number of fused-ring (bicyclic) bond motifs is 1. The van der Waals surface area contributed by atoms with Crippen LogP contribution in [0.25, 0.3) is 21.5 Å². The molecule has 10 heteroatoms. The third-order valence-electron chi connectivity index (χ3n) is 5.13. The fourth-order valence-electron chi connectivity index (χ4n) is 3.69. The van der Waals surface area contributed by atoms with Crippen molar-refractivity contribution in [1.29, 1.82) is 0 Å². The lowest BCUT2D eigenvalue weighted by atomic mass is 10.2. The van der Waals surface area contributed by atoms with Crippen LogP contribution in [0.3, 0.4) is 0 Å². The van der Waals surface area contributed by atoms with Crippen LogP contribution in [0.4, 0.5) is 10.2 Å². The minimum absolute atomic E-state index is 0.137. The van der Waals surface area contributed by atoms with Crippen LogP contribution in [0.2, 0.25) is 0 Å². The van der Waals surface area contributed by atoms with E-state index in [9.17, 15) is 14.3 Å². The zero-order valence-electron chi connectivity index (χ0n) is 18.4. The number of carboxylic acids is 1. The van der Waals surface area contributed by atoms with Crippen molar-refractivity contribution in [2.45, 2.75) is 20.4 Å². The standard InChI is InChI=1S/C23H23FN4O4S/c1-4-32-19-11-20(33-22(19)23(29)30)16-10-21(27-12-26-16)25-5-6-28-13(2)7-15-17(28)8-14(24)9-18(15)31-3/h7-12H,4-6H2,1-3H3,(H,29,30)(H,25,26,27). The van der Waals surface area contributed by atoms with Gasteiger partial charge >= 0.3 is 5.97 Å². The van der Waals surface area contributed by atoms with Crippen LogP contribution in [0.5, 0.6) is 11.5 Å². The Balaban J connectivity index is 1.52. The summed E-state index contributed by atoms with van der Waals surface area (Å²) in [5.41, 5.74) is 2.35. The number of aromatic carboxylic acids is 1. The molecule has 0 unspecified atom stereocenters. The van der Waals surface area contributed by atoms with Crippen molar-refractivity contribution in [2.24, 2.45) is 0 Å². The maximum absolute atomic E-state index is 14.0. The number of aryl methyl sites for hydroxylation is 1. The zero-order valence-corrected chi connectivity index (χ0v) is 19.2. The van der Waals surface area contributed by atoms with Gasteiger partial charge in [-0.05, 0) is 26.0 Å². The summed E-state index contributed by atoms with van der Waals surface area (Å²) in [5, 5.41) is 13.5. The summed E-state index contributed by atoms with van der Waals surface area (Å²) in [6.45, 7) is 5.26. The second kappa shape index (κ2) is 9.45. The first-order chi connectivity index (χ1) is 15.9. The molecule has 0 fully saturated rings. The molecule has 0 atom stereocenters. The Bertz CT molecular complexity index is 1320. The van der Waals surface area contributed by atoms with Gasteiger partial charge in [-0.25, -0.2) is 19.2 Å². The summed E-state index contributed by atoms with van der Waals surface area (Å²) >= 11 is 1.11. The number of halogens is 1. The Labute approximate surface area is 193 Å². The Morgan fingerprint density at radius 3 is 2.76 bits per heavy atom. The highest BCUT2D eigenvalue weighted by molar-refractivity contribution is 7.17. The number of ether oxygens (including phenoxy) is 2. The van der Waals surface area contributed by atoms with Gasteiger partial charge in [0.25, 0.3) is 0 Å². The molecule has 1 aromatic carbocycles. The lowest BCUT2D eigenvalue weighted by molar-refractivity contribution is 0.0698. The van der Waals surface area contributed by atoms with Gasteiger partial charge in [-0.1, -0.05) is 0 Å². The van der Waals surface area contributed by atoms with E-state index in [1.807, 2.05) is 17.6 Å². The Morgan fingerprint density at radius 1 is 1.21 bits per heavy atom. The second-order valence-electron chi connectivity index (χ2n) is 7.24. The number of hydrogen-bond donors (Lipinski definition) is 2. The lowest BCUT2D eigenvalue weighted by Gasteiger charge is -2.11. The molecule has 3 aromatic heterocycles. The normalized spacial score (nSPS) is 11.0. The van der Waals surface area contributed by atoms with E-state index in [1.165, 1.54) is 25.6 Å². The van der Waals surface area contributed by atoms with Crippen molar-refractivity contribution in [3.63, 3.8) is 0 Å². The molecular weight excluding hydrogens is 447 g/mol. The third kappa shape index (κ3) is 4.61. The predicted octanol–water partition coefficient (Wildman–Crippen LogP) is 4.82. The number of nitrogens with zero attached hydrogens (tertiary/aromatic N) is 3. The third-order valence-corrected chi connectivity index (χ3v) is 6.25. The first-order valence-corrected chi connectivity index (χ1v) is 11.1. The van der Waals surface area contributed by atoms with Gasteiger partial charge in [0.1, 0.15) is 29.5 Å². The van der Waals surface area contributed by atoms with Gasteiger partial charge in [-0.15, -0.1) is 11.3 Å². The fourth-order valence-corrected chi connectivity index (χ4v) is 4.59. The van der Waals surface area contributed by atoms with Crippen LogP contribution in [-0.2, 0) is 6.54 Å². The predicted molar refractivity (Wildman–Crippen MR) is 125 cm³/mol. The van der Waals surface area contributed by atoms with E-state index < -0.39 is 5.97 Å². The number of rotatable bonds is 9. The second-order valence-corrected chi connectivity index (χ2v) is 8.29. The highest BCUT2D eigenvalue weighted by Gasteiger charge is 2.18. The van der Waals surface area contributed by atoms with Crippen LogP contribution in [0, 0.1) is 12.7 Å². The number of thiophene rings is 1. The highest BCUT2D eigenvalue weighted by Crippen LogP contribution is 2.36. The van der Waals surface area contributed by atoms with Crippen LogP contribution in [-0.4, -0.2) is 45.9 Å². The van der Waals surface area contributed by atoms with Crippen LogP contribution < -0.4 is 14.8 Å². The summed E-state index contributed by atoms with van der Waals surface area (Å²) in [4.78, 5) is 20.8. The van der Waals surface area contributed by atoms with Gasteiger partial charge < -0.3 is 24.5 Å². The van der Waals surface area contributed by atoms with Crippen LogP contribution >= 0.6 is 11.3 Å². The van der Waals surface area contributed by atoms with E-state index in [0.717, 1.165) is 27.9 Å². The van der Waals surface area contributed by atoms with Gasteiger partial charge in [-0.3, -0.25) is 0 Å². The van der Waals surface area contributed by atoms with E-state index in [4.69, 9.17) is 9.47 Å².